The van der Waals surface area contributed by atoms with Crippen molar-refractivity contribution in [3.63, 3.8) is 0 Å². The zero-order chi connectivity index (χ0) is 0. The Kier molecular flexibility index (Phi) is 385000. The number of hydrogen-bond donors (Lipinski definition) is 0. The molecule has 0 rings (SSSR count). The van der Waals surface area contributed by atoms with E-state index in [4.69, 9.17) is 0 Å². The maximum absolute atomic E-state index is 0. The molecule has 0 N–H and O–H groups in total. The van der Waals surface area contributed by atoms with Crippen LogP contribution in [-0.2, 0) is 0 Å². The van der Waals surface area contributed by atoms with Gasteiger partial charge in [0.05, 0.1) is 0 Å². The molecule has 7 heteroatoms. The first-order valence-corrected chi connectivity index (χ1v) is 0. The molecule has 0 spiro atoms. The van der Waals surface area contributed by atoms with Gasteiger partial charge in [0.15, 0.2) is 0 Å². The largest absolute Gasteiger partial charge is 4.00 e. The molecule has 0 saturated heterocycles. The molecule has 0 nitrogen and oxygen atoms in total. The molecule has 0 fully saturated rings. The van der Waals surface area contributed by atoms with E-state index in [1.807, 2.05) is 0 Å². The number of rotatable bonds is 0. The first-order chi connectivity index (χ1) is 0. The van der Waals surface area contributed by atoms with Crippen molar-refractivity contribution < 1.29 is 28.2 Å². The van der Waals surface area contributed by atoms with Crippen LogP contribution >= 0.6 is 0 Å². The summed E-state index contributed by atoms with van der Waals surface area (Å²) < 4.78 is 0. The summed E-state index contributed by atoms with van der Waals surface area (Å²) in [6.07, 6.45) is 0. The molecule has 0 aliphatic heterocycles. The summed E-state index contributed by atoms with van der Waals surface area (Å²) in [6, 6.07) is 0. The Hall–Kier alpha value is 0.379. The zero-order valence-corrected chi connectivity index (χ0v) is 5.62. The summed E-state index contributed by atoms with van der Waals surface area (Å²) >= 11 is 0. The van der Waals surface area contributed by atoms with Crippen molar-refractivity contribution in [2.24, 2.45) is 0 Å². The minimum absolute atomic E-state index is 0. The molecule has 0 atom stereocenters. The van der Waals surface area contributed by atoms with Crippen molar-refractivity contribution >= 4 is 23.9 Å². The molecular formula is F6Sn-2. The van der Waals surface area contributed by atoms with Crippen molar-refractivity contribution in [1.82, 2.24) is 0 Å². The average Bonchev–Trinajstić information content (AvgIpc) is 0. The quantitative estimate of drug-likeness (QED) is 0.288. The van der Waals surface area contributed by atoms with Gasteiger partial charge in [-0.3, -0.25) is 0 Å². The van der Waals surface area contributed by atoms with Crippen LogP contribution in [-0.4, -0.2) is 23.9 Å². The van der Waals surface area contributed by atoms with Gasteiger partial charge in [0.2, 0.25) is 0 Å². The van der Waals surface area contributed by atoms with Crippen LogP contribution in [0.15, 0.2) is 0 Å². The topological polar surface area (TPSA) is 0 Å². The van der Waals surface area contributed by atoms with Crippen LogP contribution in [0.1, 0.15) is 0 Å². The van der Waals surface area contributed by atoms with E-state index in [0.717, 1.165) is 0 Å². The summed E-state index contributed by atoms with van der Waals surface area (Å²) in [5, 5.41) is 0. The van der Waals surface area contributed by atoms with E-state index in [1.165, 1.54) is 0 Å². The molecule has 0 aliphatic rings. The van der Waals surface area contributed by atoms with Gasteiger partial charge in [0.25, 0.3) is 0 Å². The summed E-state index contributed by atoms with van der Waals surface area (Å²) in [6.45, 7) is 0. The van der Waals surface area contributed by atoms with E-state index < -0.39 is 0 Å². The Morgan fingerprint density at radius 1 is 0.286 bits per heavy atom. The summed E-state index contributed by atoms with van der Waals surface area (Å²) in [5.74, 6) is 0. The molecule has 48 valence electrons. The maximum atomic E-state index is 0. The van der Waals surface area contributed by atoms with Gasteiger partial charge >= 0.3 is 23.9 Å². The van der Waals surface area contributed by atoms with Gasteiger partial charge in [-0.1, -0.05) is 0 Å². The van der Waals surface area contributed by atoms with Crippen LogP contribution in [0, 0.1) is 0 Å². The molecular weight excluding hydrogens is 233 g/mol. The van der Waals surface area contributed by atoms with Gasteiger partial charge in [-0.25, -0.2) is 0 Å². The average molecular weight is 233 g/mol. The molecule has 0 amide bonds. The second-order valence-corrected chi connectivity index (χ2v) is 0. The first kappa shape index (κ1) is 2090. The van der Waals surface area contributed by atoms with E-state index in [1.54, 1.807) is 0 Å². The predicted molar refractivity (Wildman–Crippen MR) is 5.75 cm³/mol. The fourth-order valence-corrected chi connectivity index (χ4v) is 0. The third-order valence-electron chi connectivity index (χ3n) is 0. The Balaban J connectivity index is 0. The van der Waals surface area contributed by atoms with Crippen molar-refractivity contribution in [3.8, 4) is 0 Å². The van der Waals surface area contributed by atoms with Gasteiger partial charge in [0.1, 0.15) is 0 Å². The van der Waals surface area contributed by atoms with Crippen LogP contribution < -0.4 is 28.2 Å². The maximum Gasteiger partial charge on any atom is 4.00 e. The van der Waals surface area contributed by atoms with E-state index >= 15 is 0 Å². The SMILES string of the molecule is [F-].[F-].[F-].[F-].[F-].[F-].[Sn+4]. The molecule has 0 aromatic carbocycles. The number of hydrogen-bond acceptors (Lipinski definition) is 0. The molecule has 0 unspecified atom stereocenters. The Morgan fingerprint density at radius 3 is 0.286 bits per heavy atom. The predicted octanol–water partition coefficient (Wildman–Crippen LogP) is -18.4. The van der Waals surface area contributed by atoms with Crippen molar-refractivity contribution in [3.05, 3.63) is 0 Å². The molecule has 0 aliphatic carbocycles. The minimum Gasteiger partial charge on any atom is -1.00 e. The Bertz CT molecular complexity index is 4.14. The van der Waals surface area contributed by atoms with Crippen LogP contribution in [0.2, 0.25) is 0 Å². The van der Waals surface area contributed by atoms with Gasteiger partial charge in [-0.15, -0.1) is 0 Å². The van der Waals surface area contributed by atoms with Crippen molar-refractivity contribution in [1.29, 1.82) is 0 Å². The molecule has 0 heterocycles. The fraction of sp³-hybridized carbons (Fsp3) is 0. The second kappa shape index (κ2) is 1290. The van der Waals surface area contributed by atoms with Crippen LogP contribution in [0.25, 0.3) is 0 Å². The third kappa shape index (κ3) is 853. The van der Waals surface area contributed by atoms with Crippen molar-refractivity contribution in [2.45, 2.75) is 0 Å². The van der Waals surface area contributed by atoms with Crippen LogP contribution in [0.5, 0.6) is 0 Å². The van der Waals surface area contributed by atoms with Crippen LogP contribution in [0.4, 0.5) is 0 Å². The van der Waals surface area contributed by atoms with E-state index in [2.05, 4.69) is 0 Å². The molecule has 0 bridgehead atoms. The monoisotopic (exact) mass is 234 g/mol. The smallest absolute Gasteiger partial charge is 1.00 e. The zero-order valence-electron chi connectivity index (χ0n) is 2.77. The summed E-state index contributed by atoms with van der Waals surface area (Å²) in [5.41, 5.74) is 0. The molecule has 7 heavy (non-hydrogen) atoms. The van der Waals surface area contributed by atoms with Gasteiger partial charge in [-0.05, 0) is 0 Å². The number of halogens is 6. The van der Waals surface area contributed by atoms with E-state index in [0.29, 0.717) is 0 Å². The summed E-state index contributed by atoms with van der Waals surface area (Å²) in [4.78, 5) is 0. The van der Waals surface area contributed by atoms with Gasteiger partial charge in [-0.2, -0.15) is 0 Å². The fourth-order valence-electron chi connectivity index (χ4n) is 0. The van der Waals surface area contributed by atoms with Gasteiger partial charge < -0.3 is 28.2 Å². The van der Waals surface area contributed by atoms with Crippen LogP contribution in [0.3, 0.4) is 0 Å². The van der Waals surface area contributed by atoms with E-state index in [-0.39, 0.29) is 52.1 Å². The Morgan fingerprint density at radius 2 is 0.286 bits per heavy atom. The minimum atomic E-state index is 0. The Labute approximate surface area is 52.8 Å². The van der Waals surface area contributed by atoms with E-state index in [9.17, 15) is 0 Å². The molecule has 0 radical (unpaired) electrons. The molecule has 0 aromatic heterocycles. The summed E-state index contributed by atoms with van der Waals surface area (Å²) in [7, 11) is 0. The normalized spacial score (nSPS) is 0. The third-order valence-corrected chi connectivity index (χ3v) is 0. The molecule has 0 saturated carbocycles. The first-order valence-electron chi connectivity index (χ1n) is 0. The van der Waals surface area contributed by atoms with Crippen molar-refractivity contribution in [2.75, 3.05) is 0 Å². The molecule has 0 aromatic rings. The standard InChI is InChI=1S/6FH.Sn/h6*1H;/q;;;;;;+4/p-6. The van der Waals surface area contributed by atoms with Gasteiger partial charge in [0, 0.05) is 0 Å². The second-order valence-electron chi connectivity index (χ2n) is 0.